The van der Waals surface area contributed by atoms with Gasteiger partial charge in [0.1, 0.15) is 22.9 Å². The number of aromatic hydroxyl groups is 2. The molecule has 0 aliphatic heterocycles. The van der Waals surface area contributed by atoms with Crippen molar-refractivity contribution in [1.82, 2.24) is 0 Å². The molecule has 2 N–H and O–H groups in total. The van der Waals surface area contributed by atoms with Crippen molar-refractivity contribution >= 4 is 39.7 Å². The minimum absolute atomic E-state index is 0.0930. The third kappa shape index (κ3) is 3.66. The van der Waals surface area contributed by atoms with Crippen LogP contribution in [0.4, 0.5) is 11.4 Å². The standard InChI is InChI=1S/C14H11BrN2O2/c15-10-5-6-14(19)12(9-10)17-8-7-16-11-3-1-2-4-13(11)18/h1-9,18-19H. The summed E-state index contributed by atoms with van der Waals surface area (Å²) >= 11 is 3.30. The average molecular weight is 319 g/mol. The van der Waals surface area contributed by atoms with Crippen LogP contribution in [0.25, 0.3) is 0 Å². The first-order chi connectivity index (χ1) is 9.16. The second kappa shape index (κ2) is 6.15. The van der Waals surface area contributed by atoms with Gasteiger partial charge in [-0.05, 0) is 30.3 Å². The van der Waals surface area contributed by atoms with Crippen molar-refractivity contribution in [3.05, 3.63) is 46.9 Å². The highest BCUT2D eigenvalue weighted by atomic mass is 79.9. The van der Waals surface area contributed by atoms with Crippen LogP contribution < -0.4 is 0 Å². The van der Waals surface area contributed by atoms with Crippen LogP contribution in [0.1, 0.15) is 0 Å². The maximum Gasteiger partial charge on any atom is 0.141 e. The molecular formula is C14H11BrN2O2. The molecule has 0 aromatic heterocycles. The Morgan fingerprint density at radius 1 is 0.842 bits per heavy atom. The highest BCUT2D eigenvalue weighted by Crippen LogP contribution is 2.29. The Kier molecular flexibility index (Phi) is 4.30. The molecule has 0 fully saturated rings. The van der Waals surface area contributed by atoms with Crippen LogP contribution >= 0.6 is 15.9 Å². The van der Waals surface area contributed by atoms with E-state index in [1.165, 1.54) is 12.4 Å². The monoisotopic (exact) mass is 318 g/mol. The fourth-order valence-electron chi connectivity index (χ4n) is 1.40. The number of hydrogen-bond donors (Lipinski definition) is 2. The van der Waals surface area contributed by atoms with Gasteiger partial charge in [0.05, 0.1) is 0 Å². The first kappa shape index (κ1) is 13.3. The Balaban J connectivity index is 2.12. The van der Waals surface area contributed by atoms with Crippen LogP contribution in [0, 0.1) is 0 Å². The van der Waals surface area contributed by atoms with E-state index in [9.17, 15) is 10.2 Å². The zero-order valence-electron chi connectivity index (χ0n) is 9.86. The molecule has 0 aliphatic rings. The second-order valence-electron chi connectivity index (χ2n) is 3.68. The number of benzene rings is 2. The van der Waals surface area contributed by atoms with E-state index in [1.54, 1.807) is 42.5 Å². The lowest BCUT2D eigenvalue weighted by molar-refractivity contribution is 0.476. The van der Waals surface area contributed by atoms with Crippen LogP contribution in [0.2, 0.25) is 0 Å². The van der Waals surface area contributed by atoms with Crippen LogP contribution in [-0.4, -0.2) is 22.6 Å². The van der Waals surface area contributed by atoms with Crippen molar-refractivity contribution in [1.29, 1.82) is 0 Å². The molecule has 4 nitrogen and oxygen atoms in total. The molecule has 0 aliphatic carbocycles. The maximum absolute atomic E-state index is 9.58. The highest BCUT2D eigenvalue weighted by Gasteiger charge is 1.98. The van der Waals surface area contributed by atoms with Gasteiger partial charge >= 0.3 is 0 Å². The van der Waals surface area contributed by atoms with Crippen molar-refractivity contribution in [2.24, 2.45) is 9.98 Å². The second-order valence-corrected chi connectivity index (χ2v) is 4.59. The summed E-state index contributed by atoms with van der Waals surface area (Å²) in [4.78, 5) is 8.13. The molecule has 19 heavy (non-hydrogen) atoms. The first-order valence-corrected chi connectivity index (χ1v) is 6.29. The third-order valence-corrected chi connectivity index (χ3v) is 2.81. The SMILES string of the molecule is Oc1ccccc1N=CC=Nc1cc(Br)ccc1O. The van der Waals surface area contributed by atoms with Gasteiger partial charge in [-0.2, -0.15) is 0 Å². The Labute approximate surface area is 118 Å². The number of phenolic OH excluding ortho intramolecular Hbond substituents is 2. The van der Waals surface area contributed by atoms with Crippen LogP contribution in [0.15, 0.2) is 56.9 Å². The molecule has 0 unspecified atom stereocenters. The van der Waals surface area contributed by atoms with Crippen molar-refractivity contribution in [3.8, 4) is 11.5 Å². The first-order valence-electron chi connectivity index (χ1n) is 5.50. The number of aliphatic imine (C=N–C) groups is 2. The van der Waals surface area contributed by atoms with Crippen LogP contribution in [0.3, 0.4) is 0 Å². The number of rotatable bonds is 3. The highest BCUT2D eigenvalue weighted by molar-refractivity contribution is 9.10. The summed E-state index contributed by atoms with van der Waals surface area (Å²) in [7, 11) is 0. The van der Waals surface area contributed by atoms with E-state index < -0.39 is 0 Å². The Bertz CT molecular complexity index is 639. The van der Waals surface area contributed by atoms with E-state index in [0.717, 1.165) is 4.47 Å². The molecule has 0 amide bonds. The third-order valence-electron chi connectivity index (χ3n) is 2.31. The predicted octanol–water partition coefficient (Wildman–Crippen LogP) is 3.97. The zero-order chi connectivity index (χ0) is 13.7. The van der Waals surface area contributed by atoms with E-state index in [2.05, 4.69) is 25.9 Å². The van der Waals surface area contributed by atoms with E-state index in [-0.39, 0.29) is 11.5 Å². The van der Waals surface area contributed by atoms with Gasteiger partial charge in [-0.1, -0.05) is 28.1 Å². The van der Waals surface area contributed by atoms with Gasteiger partial charge in [0.25, 0.3) is 0 Å². The zero-order valence-corrected chi connectivity index (χ0v) is 11.4. The molecule has 2 aromatic carbocycles. The van der Waals surface area contributed by atoms with Gasteiger partial charge in [0, 0.05) is 16.9 Å². The number of phenols is 2. The Hall–Kier alpha value is -2.14. The molecule has 0 saturated carbocycles. The van der Waals surface area contributed by atoms with Gasteiger partial charge in [0.15, 0.2) is 0 Å². The van der Waals surface area contributed by atoms with Crippen LogP contribution in [0.5, 0.6) is 11.5 Å². The van der Waals surface area contributed by atoms with E-state index in [1.807, 2.05) is 0 Å². The van der Waals surface area contributed by atoms with Crippen molar-refractivity contribution in [3.63, 3.8) is 0 Å². The van der Waals surface area contributed by atoms with Crippen molar-refractivity contribution < 1.29 is 10.2 Å². The topological polar surface area (TPSA) is 65.2 Å². The Morgan fingerprint density at radius 3 is 2.21 bits per heavy atom. The van der Waals surface area contributed by atoms with Gasteiger partial charge < -0.3 is 10.2 Å². The Morgan fingerprint density at radius 2 is 1.47 bits per heavy atom. The smallest absolute Gasteiger partial charge is 0.141 e. The average Bonchev–Trinajstić information content (AvgIpc) is 2.40. The molecule has 0 saturated heterocycles. The summed E-state index contributed by atoms with van der Waals surface area (Å²) in [6.45, 7) is 0. The number of para-hydroxylation sites is 2. The number of hydrogen-bond acceptors (Lipinski definition) is 4. The van der Waals surface area contributed by atoms with E-state index >= 15 is 0 Å². The van der Waals surface area contributed by atoms with Crippen LogP contribution in [-0.2, 0) is 0 Å². The fourth-order valence-corrected chi connectivity index (χ4v) is 1.75. The molecule has 0 atom stereocenters. The van der Waals surface area contributed by atoms with Crippen molar-refractivity contribution in [2.75, 3.05) is 0 Å². The summed E-state index contributed by atoms with van der Waals surface area (Å²) in [5.74, 6) is 0.202. The molecule has 96 valence electrons. The molecule has 0 bridgehead atoms. The fraction of sp³-hybridized carbons (Fsp3) is 0. The minimum Gasteiger partial charge on any atom is -0.506 e. The summed E-state index contributed by atoms with van der Waals surface area (Å²) in [5, 5.41) is 19.1. The van der Waals surface area contributed by atoms with Gasteiger partial charge in [-0.25, -0.2) is 0 Å². The lowest BCUT2D eigenvalue weighted by Gasteiger charge is -1.98. The largest absolute Gasteiger partial charge is 0.506 e. The van der Waals surface area contributed by atoms with Crippen molar-refractivity contribution in [2.45, 2.75) is 0 Å². The molecule has 0 radical (unpaired) electrons. The molecular weight excluding hydrogens is 308 g/mol. The summed E-state index contributed by atoms with van der Waals surface area (Å²) in [6.07, 6.45) is 2.91. The summed E-state index contributed by atoms with van der Waals surface area (Å²) < 4.78 is 0.829. The minimum atomic E-state index is 0.0930. The lowest BCUT2D eigenvalue weighted by atomic mass is 10.3. The maximum atomic E-state index is 9.58. The normalized spacial score (nSPS) is 11.4. The lowest BCUT2D eigenvalue weighted by Crippen LogP contribution is -1.76. The van der Waals surface area contributed by atoms with E-state index in [4.69, 9.17) is 0 Å². The van der Waals surface area contributed by atoms with Gasteiger partial charge in [0.2, 0.25) is 0 Å². The predicted molar refractivity (Wildman–Crippen MR) is 80.2 cm³/mol. The molecule has 0 spiro atoms. The van der Waals surface area contributed by atoms with Gasteiger partial charge in [-0.3, -0.25) is 9.98 Å². The molecule has 5 heteroatoms. The van der Waals surface area contributed by atoms with Gasteiger partial charge in [-0.15, -0.1) is 0 Å². The summed E-state index contributed by atoms with van der Waals surface area (Å²) in [6, 6.07) is 11.7. The molecule has 0 heterocycles. The number of nitrogens with zero attached hydrogens (tertiary/aromatic N) is 2. The molecule has 2 aromatic rings. The van der Waals surface area contributed by atoms with E-state index in [0.29, 0.717) is 11.4 Å². The number of halogens is 1. The molecule has 2 rings (SSSR count). The summed E-state index contributed by atoms with van der Waals surface area (Å²) in [5.41, 5.74) is 0.908. The quantitative estimate of drug-likeness (QED) is 0.841.